The third-order valence-electron chi connectivity index (χ3n) is 6.73. The molecule has 1 fully saturated rings. The molecule has 1 saturated heterocycles. The molecule has 1 atom stereocenters. The minimum atomic E-state index is -0.505. The molecule has 1 N–H and O–H groups in total. The number of hydrogen-bond acceptors (Lipinski definition) is 7. The molecule has 0 aliphatic carbocycles. The lowest BCUT2D eigenvalue weighted by atomic mass is 10.0. The van der Waals surface area contributed by atoms with E-state index in [9.17, 15) is 4.79 Å². The highest BCUT2D eigenvalue weighted by atomic mass is 16.6. The van der Waals surface area contributed by atoms with Gasteiger partial charge in [-0.05, 0) is 44.7 Å². The quantitative estimate of drug-likeness (QED) is 0.494. The SMILES string of the molecule is CC(C)(C)OC(=O)N1CCCC(N2CNc3c(N(Cc4ccccc4)Cc4ccccc4)ncnc32)C1. The van der Waals surface area contributed by atoms with Crippen molar-refractivity contribution < 1.29 is 9.53 Å². The first-order chi connectivity index (χ1) is 17.9. The van der Waals surface area contributed by atoms with E-state index in [1.54, 1.807) is 6.33 Å². The van der Waals surface area contributed by atoms with E-state index in [1.165, 1.54) is 11.1 Å². The van der Waals surface area contributed by atoms with Crippen LogP contribution in [0.1, 0.15) is 44.7 Å². The number of benzene rings is 2. The fourth-order valence-electron chi connectivity index (χ4n) is 5.04. The van der Waals surface area contributed by atoms with Crippen molar-refractivity contribution in [1.29, 1.82) is 0 Å². The van der Waals surface area contributed by atoms with E-state index in [-0.39, 0.29) is 12.1 Å². The monoisotopic (exact) mass is 500 g/mol. The van der Waals surface area contributed by atoms with Gasteiger partial charge in [-0.3, -0.25) is 0 Å². The number of likely N-dealkylation sites (tertiary alicyclic amines) is 1. The smallest absolute Gasteiger partial charge is 0.410 e. The molecule has 194 valence electrons. The van der Waals surface area contributed by atoms with E-state index in [0.29, 0.717) is 13.2 Å². The lowest BCUT2D eigenvalue weighted by Gasteiger charge is -2.38. The van der Waals surface area contributed by atoms with Gasteiger partial charge in [-0.15, -0.1) is 0 Å². The van der Waals surface area contributed by atoms with Crippen LogP contribution in [-0.4, -0.2) is 52.4 Å². The Hall–Kier alpha value is -3.81. The van der Waals surface area contributed by atoms with Gasteiger partial charge in [-0.2, -0.15) is 0 Å². The molecule has 0 bridgehead atoms. The molecule has 2 aliphatic heterocycles. The molecule has 0 spiro atoms. The number of piperidine rings is 1. The molecule has 2 aliphatic rings. The molecule has 8 nitrogen and oxygen atoms in total. The number of rotatable bonds is 6. The molecule has 1 unspecified atom stereocenters. The van der Waals surface area contributed by atoms with E-state index in [4.69, 9.17) is 14.7 Å². The molecule has 0 saturated carbocycles. The van der Waals surface area contributed by atoms with Crippen LogP contribution in [0.4, 0.5) is 22.1 Å². The fraction of sp³-hybridized carbons (Fsp3) is 0.414. The number of nitrogens with one attached hydrogen (secondary N) is 1. The van der Waals surface area contributed by atoms with Gasteiger partial charge in [0.25, 0.3) is 0 Å². The van der Waals surface area contributed by atoms with Crippen LogP contribution in [0, 0.1) is 0 Å². The number of fused-ring (bicyclic) bond motifs is 1. The highest BCUT2D eigenvalue weighted by Gasteiger charge is 2.35. The second-order valence-corrected chi connectivity index (χ2v) is 10.8. The normalized spacial score (nSPS) is 17.2. The van der Waals surface area contributed by atoms with Crippen LogP contribution in [0.15, 0.2) is 67.0 Å². The summed E-state index contributed by atoms with van der Waals surface area (Å²) in [7, 11) is 0. The first kappa shape index (κ1) is 24.9. The summed E-state index contributed by atoms with van der Waals surface area (Å²) in [6, 6.07) is 21.1. The van der Waals surface area contributed by atoms with Crippen molar-refractivity contribution in [3.05, 3.63) is 78.1 Å². The van der Waals surface area contributed by atoms with Crippen molar-refractivity contribution in [2.75, 3.05) is 34.9 Å². The average molecular weight is 501 g/mol. The molecule has 0 radical (unpaired) electrons. The van der Waals surface area contributed by atoms with Gasteiger partial charge in [0.1, 0.15) is 17.6 Å². The highest BCUT2D eigenvalue weighted by Crippen LogP contribution is 2.39. The van der Waals surface area contributed by atoms with Crippen LogP contribution in [0.5, 0.6) is 0 Å². The Kier molecular flexibility index (Phi) is 7.17. The van der Waals surface area contributed by atoms with Crippen molar-refractivity contribution in [2.45, 2.75) is 58.3 Å². The molecule has 37 heavy (non-hydrogen) atoms. The Morgan fingerprint density at radius 3 is 2.30 bits per heavy atom. The summed E-state index contributed by atoms with van der Waals surface area (Å²) in [6.45, 7) is 9.15. The Morgan fingerprint density at radius 2 is 1.68 bits per heavy atom. The van der Waals surface area contributed by atoms with Crippen LogP contribution in [0.2, 0.25) is 0 Å². The maximum absolute atomic E-state index is 12.7. The number of carbonyl (C=O) groups excluding carboxylic acids is 1. The van der Waals surface area contributed by atoms with Crippen LogP contribution in [0.25, 0.3) is 0 Å². The third-order valence-corrected chi connectivity index (χ3v) is 6.73. The topological polar surface area (TPSA) is 73.8 Å². The van der Waals surface area contributed by atoms with E-state index in [2.05, 4.69) is 63.6 Å². The van der Waals surface area contributed by atoms with Crippen molar-refractivity contribution in [3.63, 3.8) is 0 Å². The van der Waals surface area contributed by atoms with Gasteiger partial charge < -0.3 is 24.8 Å². The molecule has 3 heterocycles. The molecule has 1 aromatic heterocycles. The first-order valence-corrected chi connectivity index (χ1v) is 13.0. The van der Waals surface area contributed by atoms with Crippen LogP contribution in [-0.2, 0) is 17.8 Å². The highest BCUT2D eigenvalue weighted by molar-refractivity contribution is 5.82. The lowest BCUT2D eigenvalue weighted by Crippen LogP contribution is -2.51. The maximum atomic E-state index is 12.7. The van der Waals surface area contributed by atoms with Crippen molar-refractivity contribution in [1.82, 2.24) is 14.9 Å². The van der Waals surface area contributed by atoms with Crippen LogP contribution >= 0.6 is 0 Å². The van der Waals surface area contributed by atoms with Crippen molar-refractivity contribution in [3.8, 4) is 0 Å². The Labute approximate surface area is 219 Å². The van der Waals surface area contributed by atoms with E-state index in [1.807, 2.05) is 37.8 Å². The maximum Gasteiger partial charge on any atom is 0.410 e. The second-order valence-electron chi connectivity index (χ2n) is 10.8. The average Bonchev–Trinajstić information content (AvgIpc) is 3.33. The minimum absolute atomic E-state index is 0.162. The van der Waals surface area contributed by atoms with E-state index in [0.717, 1.165) is 49.8 Å². The summed E-state index contributed by atoms with van der Waals surface area (Å²) in [5.74, 6) is 1.78. The van der Waals surface area contributed by atoms with Crippen molar-refractivity contribution in [2.24, 2.45) is 0 Å². The molecule has 5 rings (SSSR count). The van der Waals surface area contributed by atoms with Gasteiger partial charge in [0, 0.05) is 26.2 Å². The molecular weight excluding hydrogens is 464 g/mol. The lowest BCUT2D eigenvalue weighted by molar-refractivity contribution is 0.0198. The van der Waals surface area contributed by atoms with E-state index < -0.39 is 5.60 Å². The summed E-state index contributed by atoms with van der Waals surface area (Å²) >= 11 is 0. The summed E-state index contributed by atoms with van der Waals surface area (Å²) in [6.07, 6.45) is 3.34. The van der Waals surface area contributed by atoms with Gasteiger partial charge in [0.2, 0.25) is 0 Å². The molecule has 2 aromatic carbocycles. The first-order valence-electron chi connectivity index (χ1n) is 13.0. The number of carbonyl (C=O) groups is 1. The fourth-order valence-corrected chi connectivity index (χ4v) is 5.04. The van der Waals surface area contributed by atoms with Gasteiger partial charge >= 0.3 is 6.09 Å². The number of anilines is 3. The predicted molar refractivity (Wildman–Crippen MR) is 147 cm³/mol. The Balaban J connectivity index is 1.39. The second kappa shape index (κ2) is 10.7. The summed E-state index contributed by atoms with van der Waals surface area (Å²) < 4.78 is 5.64. The number of aromatic nitrogens is 2. The zero-order chi connectivity index (χ0) is 25.8. The summed E-state index contributed by atoms with van der Waals surface area (Å²) in [5, 5.41) is 3.58. The number of hydrogen-bond donors (Lipinski definition) is 1. The van der Waals surface area contributed by atoms with Gasteiger partial charge in [0.05, 0.1) is 12.7 Å². The van der Waals surface area contributed by atoms with E-state index >= 15 is 0 Å². The number of amides is 1. The molecule has 3 aromatic rings. The minimum Gasteiger partial charge on any atom is -0.444 e. The number of nitrogens with zero attached hydrogens (tertiary/aromatic N) is 5. The van der Waals surface area contributed by atoms with Gasteiger partial charge in [-0.1, -0.05) is 60.7 Å². The molecule has 8 heteroatoms. The van der Waals surface area contributed by atoms with Crippen LogP contribution < -0.4 is 15.1 Å². The Bertz CT molecular complexity index is 1160. The van der Waals surface area contributed by atoms with Gasteiger partial charge in [-0.25, -0.2) is 14.8 Å². The van der Waals surface area contributed by atoms with Gasteiger partial charge in [0.15, 0.2) is 11.6 Å². The standard InChI is InChI=1S/C29H36N6O2/c1-29(2,3)37-28(36)33-16-10-15-24(19-33)35-21-32-25-26(30-20-31-27(25)35)34(17-22-11-6-4-7-12-22)18-23-13-8-5-9-14-23/h4-9,11-14,20,24,32H,10,15-19,21H2,1-3H3. The van der Waals surface area contributed by atoms with Crippen molar-refractivity contribution >= 4 is 23.4 Å². The zero-order valence-electron chi connectivity index (χ0n) is 21.9. The molecular formula is C29H36N6O2. The predicted octanol–water partition coefficient (Wildman–Crippen LogP) is 5.27. The zero-order valence-corrected chi connectivity index (χ0v) is 21.9. The number of ether oxygens (including phenoxy) is 1. The largest absolute Gasteiger partial charge is 0.444 e. The van der Waals surface area contributed by atoms with Crippen LogP contribution in [0.3, 0.4) is 0 Å². The Morgan fingerprint density at radius 1 is 1.03 bits per heavy atom. The summed E-state index contributed by atoms with van der Waals surface area (Å²) in [5.41, 5.74) is 2.89. The third kappa shape index (κ3) is 5.96. The molecule has 1 amide bonds. The summed E-state index contributed by atoms with van der Waals surface area (Å²) in [4.78, 5) is 28.6.